The zero-order valence-corrected chi connectivity index (χ0v) is 10.7. The fourth-order valence-corrected chi connectivity index (χ4v) is 2.58. The molecule has 0 bridgehead atoms. The van der Waals surface area contributed by atoms with Crippen LogP contribution in [0.25, 0.3) is 10.9 Å². The molecular formula is C14H15F2N3. The van der Waals surface area contributed by atoms with Gasteiger partial charge < -0.3 is 10.2 Å². The maximum atomic E-state index is 13.7. The van der Waals surface area contributed by atoms with Crippen LogP contribution in [-0.2, 0) is 0 Å². The first-order chi connectivity index (χ1) is 9.13. The van der Waals surface area contributed by atoms with Crippen LogP contribution >= 0.6 is 0 Å². The van der Waals surface area contributed by atoms with Crippen molar-refractivity contribution in [2.75, 3.05) is 25.5 Å². The molecule has 3 nitrogen and oxygen atoms in total. The van der Waals surface area contributed by atoms with E-state index in [0.717, 1.165) is 31.3 Å². The Bertz CT molecular complexity index is 615. The molecule has 1 aromatic carbocycles. The van der Waals surface area contributed by atoms with Crippen molar-refractivity contribution in [1.82, 2.24) is 9.88 Å². The second-order valence-corrected chi connectivity index (χ2v) is 5.03. The number of anilines is 1. The largest absolute Gasteiger partial charge is 0.380 e. The Kier molecular flexibility index (Phi) is 3.06. The highest BCUT2D eigenvalue weighted by atomic mass is 19.1. The molecule has 3 rings (SSSR count). The van der Waals surface area contributed by atoms with Gasteiger partial charge in [0.15, 0.2) is 5.82 Å². The summed E-state index contributed by atoms with van der Waals surface area (Å²) in [6.45, 7) is 1.96. The van der Waals surface area contributed by atoms with Gasteiger partial charge in [0.2, 0.25) is 0 Å². The standard InChI is InChI=1S/C14H15F2N3/c1-19-5-3-10(8-19)18-13-2-4-17-14-11(13)6-9(15)7-12(14)16/h2,4,6-7,10H,3,5,8H2,1H3,(H,17,18). The van der Waals surface area contributed by atoms with E-state index in [-0.39, 0.29) is 5.52 Å². The maximum Gasteiger partial charge on any atom is 0.152 e. The van der Waals surface area contributed by atoms with Crippen molar-refractivity contribution < 1.29 is 8.78 Å². The topological polar surface area (TPSA) is 28.2 Å². The number of nitrogens with one attached hydrogen (secondary N) is 1. The third-order valence-corrected chi connectivity index (χ3v) is 3.51. The Labute approximate surface area is 110 Å². The van der Waals surface area contributed by atoms with Gasteiger partial charge in [-0.05, 0) is 32.1 Å². The van der Waals surface area contributed by atoms with Crippen LogP contribution in [0.15, 0.2) is 24.4 Å². The van der Waals surface area contributed by atoms with Gasteiger partial charge >= 0.3 is 0 Å². The minimum Gasteiger partial charge on any atom is -0.380 e. The number of likely N-dealkylation sites (tertiary alicyclic amines) is 1. The Balaban J connectivity index is 1.99. The number of benzene rings is 1. The average molecular weight is 263 g/mol. The van der Waals surface area contributed by atoms with Gasteiger partial charge in [0.1, 0.15) is 11.3 Å². The number of nitrogens with zero attached hydrogens (tertiary/aromatic N) is 2. The molecule has 100 valence electrons. The van der Waals surface area contributed by atoms with Gasteiger partial charge in [0.25, 0.3) is 0 Å². The van der Waals surface area contributed by atoms with Crippen LogP contribution in [0.3, 0.4) is 0 Å². The molecule has 0 amide bonds. The highest BCUT2D eigenvalue weighted by molar-refractivity contribution is 5.91. The van der Waals surface area contributed by atoms with E-state index in [1.54, 1.807) is 12.3 Å². The summed E-state index contributed by atoms with van der Waals surface area (Å²) in [4.78, 5) is 6.20. The van der Waals surface area contributed by atoms with E-state index >= 15 is 0 Å². The summed E-state index contributed by atoms with van der Waals surface area (Å²) in [5.74, 6) is -1.20. The van der Waals surface area contributed by atoms with Gasteiger partial charge in [-0.25, -0.2) is 8.78 Å². The highest BCUT2D eigenvalue weighted by Crippen LogP contribution is 2.26. The van der Waals surface area contributed by atoms with Crippen LogP contribution in [0.4, 0.5) is 14.5 Å². The van der Waals surface area contributed by atoms with E-state index in [0.29, 0.717) is 11.4 Å². The average Bonchev–Trinajstić information content (AvgIpc) is 2.76. The number of halogens is 2. The molecule has 1 aliphatic rings. The quantitative estimate of drug-likeness (QED) is 0.902. The molecule has 0 spiro atoms. The van der Waals surface area contributed by atoms with Crippen LogP contribution in [0.1, 0.15) is 6.42 Å². The van der Waals surface area contributed by atoms with Crippen LogP contribution in [0.2, 0.25) is 0 Å². The molecule has 19 heavy (non-hydrogen) atoms. The Morgan fingerprint density at radius 3 is 2.95 bits per heavy atom. The van der Waals surface area contributed by atoms with Crippen LogP contribution in [-0.4, -0.2) is 36.1 Å². The fourth-order valence-electron chi connectivity index (χ4n) is 2.58. The lowest BCUT2D eigenvalue weighted by atomic mass is 10.1. The molecule has 0 radical (unpaired) electrons. The Hall–Kier alpha value is -1.75. The molecule has 5 heteroatoms. The lowest BCUT2D eigenvalue weighted by molar-refractivity contribution is 0.414. The summed E-state index contributed by atoms with van der Waals surface area (Å²) in [5, 5.41) is 3.85. The van der Waals surface area contributed by atoms with E-state index in [2.05, 4.69) is 22.2 Å². The first-order valence-corrected chi connectivity index (χ1v) is 6.32. The summed E-state index contributed by atoms with van der Waals surface area (Å²) >= 11 is 0. The van der Waals surface area contributed by atoms with Gasteiger partial charge in [0, 0.05) is 35.9 Å². The molecular weight excluding hydrogens is 248 g/mol. The number of pyridine rings is 1. The summed E-state index contributed by atoms with van der Waals surface area (Å²) in [6.07, 6.45) is 2.57. The van der Waals surface area contributed by atoms with Gasteiger partial charge in [-0.3, -0.25) is 4.98 Å². The van der Waals surface area contributed by atoms with E-state index in [9.17, 15) is 8.78 Å². The highest BCUT2D eigenvalue weighted by Gasteiger charge is 2.20. The monoisotopic (exact) mass is 263 g/mol. The lowest BCUT2D eigenvalue weighted by Gasteiger charge is -2.16. The molecule has 1 saturated heterocycles. The van der Waals surface area contributed by atoms with Crippen molar-refractivity contribution >= 4 is 16.6 Å². The summed E-state index contributed by atoms with van der Waals surface area (Å²) < 4.78 is 27.0. The summed E-state index contributed by atoms with van der Waals surface area (Å²) in [6, 6.07) is 4.26. The number of hydrogen-bond acceptors (Lipinski definition) is 3. The number of hydrogen-bond donors (Lipinski definition) is 1. The predicted octanol–water partition coefficient (Wildman–Crippen LogP) is 2.63. The maximum absolute atomic E-state index is 13.7. The van der Waals surface area contributed by atoms with Crippen molar-refractivity contribution in [3.63, 3.8) is 0 Å². The van der Waals surface area contributed by atoms with Gasteiger partial charge in [0.05, 0.1) is 0 Å². The van der Waals surface area contributed by atoms with E-state index in [1.165, 1.54) is 6.07 Å². The van der Waals surface area contributed by atoms with E-state index < -0.39 is 11.6 Å². The molecule has 1 N–H and O–H groups in total. The molecule has 1 fully saturated rings. The molecule has 0 aliphatic carbocycles. The van der Waals surface area contributed by atoms with Crippen molar-refractivity contribution in [2.24, 2.45) is 0 Å². The number of rotatable bonds is 2. The SMILES string of the molecule is CN1CCC(Nc2ccnc3c(F)cc(F)cc23)C1. The molecule has 0 saturated carbocycles. The summed E-state index contributed by atoms with van der Waals surface area (Å²) in [5.41, 5.74) is 0.946. The lowest BCUT2D eigenvalue weighted by Crippen LogP contribution is -2.23. The first-order valence-electron chi connectivity index (χ1n) is 6.32. The zero-order chi connectivity index (χ0) is 13.4. The smallest absolute Gasteiger partial charge is 0.152 e. The van der Waals surface area contributed by atoms with Gasteiger partial charge in [-0.15, -0.1) is 0 Å². The predicted molar refractivity (Wildman–Crippen MR) is 71.2 cm³/mol. The Morgan fingerprint density at radius 2 is 2.21 bits per heavy atom. The summed E-state index contributed by atoms with van der Waals surface area (Å²) in [7, 11) is 2.06. The molecule has 1 atom stereocenters. The number of fused-ring (bicyclic) bond motifs is 1. The Morgan fingerprint density at radius 1 is 1.37 bits per heavy atom. The van der Waals surface area contributed by atoms with Crippen molar-refractivity contribution in [1.29, 1.82) is 0 Å². The second-order valence-electron chi connectivity index (χ2n) is 5.03. The zero-order valence-electron chi connectivity index (χ0n) is 10.7. The van der Waals surface area contributed by atoms with Gasteiger partial charge in [-0.2, -0.15) is 0 Å². The van der Waals surface area contributed by atoms with Crippen LogP contribution in [0.5, 0.6) is 0 Å². The van der Waals surface area contributed by atoms with Crippen molar-refractivity contribution in [2.45, 2.75) is 12.5 Å². The molecule has 1 aromatic heterocycles. The molecule has 2 aromatic rings. The number of aromatic nitrogens is 1. The minimum atomic E-state index is -0.623. The third kappa shape index (κ3) is 2.38. The third-order valence-electron chi connectivity index (χ3n) is 3.51. The molecule has 1 unspecified atom stereocenters. The van der Waals surface area contributed by atoms with Crippen LogP contribution in [0, 0.1) is 11.6 Å². The van der Waals surface area contributed by atoms with Crippen molar-refractivity contribution in [3.8, 4) is 0 Å². The van der Waals surface area contributed by atoms with Gasteiger partial charge in [-0.1, -0.05) is 0 Å². The van der Waals surface area contributed by atoms with E-state index in [1.807, 2.05) is 0 Å². The number of likely N-dealkylation sites (N-methyl/N-ethyl adjacent to an activating group) is 1. The molecule has 1 aliphatic heterocycles. The van der Waals surface area contributed by atoms with Crippen molar-refractivity contribution in [3.05, 3.63) is 36.0 Å². The molecule has 2 heterocycles. The first kappa shape index (κ1) is 12.3. The van der Waals surface area contributed by atoms with Crippen LogP contribution < -0.4 is 5.32 Å². The van der Waals surface area contributed by atoms with E-state index in [4.69, 9.17) is 0 Å². The minimum absolute atomic E-state index is 0.206. The second kappa shape index (κ2) is 4.74. The normalized spacial score (nSPS) is 20.1. The fraction of sp³-hybridized carbons (Fsp3) is 0.357.